The lowest BCUT2D eigenvalue weighted by molar-refractivity contribution is -0.143. The molecule has 0 fully saturated rings. The van der Waals surface area contributed by atoms with Crippen molar-refractivity contribution in [3.63, 3.8) is 0 Å². The molecule has 6 nitrogen and oxygen atoms in total. The number of halogens is 6. The quantitative estimate of drug-likeness (QED) is 0.599. The zero-order valence-electron chi connectivity index (χ0n) is 14.4. The van der Waals surface area contributed by atoms with Gasteiger partial charge in [-0.2, -0.15) is 26.3 Å². The van der Waals surface area contributed by atoms with Gasteiger partial charge in [0, 0.05) is 17.1 Å². The van der Waals surface area contributed by atoms with Gasteiger partial charge in [-0.1, -0.05) is 0 Å². The number of hydrogen-bond donors (Lipinski definition) is 3. The van der Waals surface area contributed by atoms with Crippen LogP contribution in [0.25, 0.3) is 0 Å². The fourth-order valence-corrected chi connectivity index (χ4v) is 2.72. The maximum atomic E-state index is 12.8. The molecule has 0 saturated heterocycles. The molecule has 0 saturated carbocycles. The number of benzene rings is 2. The van der Waals surface area contributed by atoms with Crippen LogP contribution in [-0.2, 0) is 22.4 Å². The number of anilines is 3. The Balaban J connectivity index is 2.18. The molecular weight excluding hydrogens is 428 g/mol. The molecule has 0 spiro atoms. The highest BCUT2D eigenvalue weighted by atomic mass is 32.2. The highest BCUT2D eigenvalue weighted by molar-refractivity contribution is 7.92. The summed E-state index contributed by atoms with van der Waals surface area (Å²) in [6.07, 6.45) is -9.16. The summed E-state index contributed by atoms with van der Waals surface area (Å²) in [6, 6.07) is 4.73. The van der Waals surface area contributed by atoms with Gasteiger partial charge in [0.1, 0.15) is 0 Å². The fourth-order valence-electron chi connectivity index (χ4n) is 2.16. The van der Waals surface area contributed by atoms with E-state index in [1.165, 1.54) is 24.3 Å². The number of carbonyl (C=O) groups excluding carboxylic acids is 1. The molecule has 0 aliphatic carbocycles. The highest BCUT2D eigenvalue weighted by Gasteiger charge is 2.37. The predicted molar refractivity (Wildman–Crippen MR) is 94.0 cm³/mol. The van der Waals surface area contributed by atoms with E-state index in [2.05, 4.69) is 10.0 Å². The minimum absolute atomic E-state index is 0.0589. The lowest BCUT2D eigenvalue weighted by atomic mass is 10.1. The maximum absolute atomic E-state index is 12.8. The number of hydrogen-bond acceptors (Lipinski definition) is 3. The van der Waals surface area contributed by atoms with Gasteiger partial charge in [-0.25, -0.2) is 13.2 Å². The van der Waals surface area contributed by atoms with E-state index in [0.717, 1.165) is 6.26 Å². The second-order valence-corrected chi connectivity index (χ2v) is 7.57. The standard InChI is InChI=1S/C16H13F6N3O3S/c1-29(27,28)25-12-4-2-11(3-5-12)23-14(26)24-13-7-9(15(17,18)19)6-10(8-13)16(20,21)22/h2-8,25H,1H3,(H2,23,24,26). The molecule has 2 amide bonds. The Hall–Kier alpha value is -2.96. The van der Waals surface area contributed by atoms with Crippen LogP contribution in [0.3, 0.4) is 0 Å². The summed E-state index contributed by atoms with van der Waals surface area (Å²) in [7, 11) is -3.52. The lowest BCUT2D eigenvalue weighted by Crippen LogP contribution is -2.20. The van der Waals surface area contributed by atoms with Gasteiger partial charge in [0.05, 0.1) is 17.4 Å². The summed E-state index contributed by atoms with van der Waals surface area (Å²) in [6.45, 7) is 0. The summed E-state index contributed by atoms with van der Waals surface area (Å²) in [5, 5.41) is 4.11. The molecule has 3 N–H and O–H groups in total. The van der Waals surface area contributed by atoms with Crippen molar-refractivity contribution >= 4 is 33.1 Å². The first kappa shape index (κ1) is 22.3. The second kappa shape index (κ2) is 7.81. The molecule has 0 bridgehead atoms. The Morgan fingerprint density at radius 3 is 1.59 bits per heavy atom. The number of urea groups is 1. The van der Waals surface area contributed by atoms with Crippen LogP contribution in [0.4, 0.5) is 48.2 Å². The minimum atomic E-state index is -5.05. The van der Waals surface area contributed by atoms with Crippen molar-refractivity contribution in [3.05, 3.63) is 53.6 Å². The Bertz CT molecular complexity index is 970. The van der Waals surface area contributed by atoms with E-state index in [1.807, 2.05) is 5.32 Å². The summed E-state index contributed by atoms with van der Waals surface area (Å²) in [5.74, 6) is 0. The van der Waals surface area contributed by atoms with Gasteiger partial charge in [0.2, 0.25) is 10.0 Å². The first-order valence-electron chi connectivity index (χ1n) is 7.59. The number of sulfonamides is 1. The SMILES string of the molecule is CS(=O)(=O)Nc1ccc(NC(=O)Nc2cc(C(F)(F)F)cc(C(F)(F)F)c2)cc1. The van der Waals surface area contributed by atoms with Crippen molar-refractivity contribution in [2.45, 2.75) is 12.4 Å². The molecule has 0 heterocycles. The number of rotatable bonds is 4. The molecule has 0 atom stereocenters. The van der Waals surface area contributed by atoms with E-state index in [-0.39, 0.29) is 17.4 Å². The van der Waals surface area contributed by atoms with Crippen molar-refractivity contribution in [1.82, 2.24) is 0 Å². The number of amides is 2. The van der Waals surface area contributed by atoms with Gasteiger partial charge < -0.3 is 10.6 Å². The van der Waals surface area contributed by atoms with Gasteiger partial charge >= 0.3 is 18.4 Å². The third-order valence-electron chi connectivity index (χ3n) is 3.29. The molecule has 2 rings (SSSR count). The van der Waals surface area contributed by atoms with Gasteiger partial charge in [-0.05, 0) is 42.5 Å². The predicted octanol–water partition coefficient (Wildman–Crippen LogP) is 4.74. The molecule has 0 aliphatic rings. The average Bonchev–Trinajstić information content (AvgIpc) is 2.53. The summed E-state index contributed by atoms with van der Waals surface area (Å²) >= 11 is 0. The first-order valence-corrected chi connectivity index (χ1v) is 9.48. The fraction of sp³-hybridized carbons (Fsp3) is 0.188. The highest BCUT2D eigenvalue weighted by Crippen LogP contribution is 2.37. The van der Waals surface area contributed by atoms with E-state index in [0.29, 0.717) is 12.1 Å². The molecular formula is C16H13F6N3O3S. The van der Waals surface area contributed by atoms with Crippen LogP contribution in [0.1, 0.15) is 11.1 Å². The summed E-state index contributed by atoms with van der Waals surface area (Å²) in [5.41, 5.74) is -3.55. The van der Waals surface area contributed by atoms with Crippen LogP contribution in [0.5, 0.6) is 0 Å². The van der Waals surface area contributed by atoms with E-state index >= 15 is 0 Å². The minimum Gasteiger partial charge on any atom is -0.308 e. The van der Waals surface area contributed by atoms with Crippen molar-refractivity contribution in [1.29, 1.82) is 0 Å². The molecule has 0 unspecified atom stereocenters. The van der Waals surface area contributed by atoms with Crippen LogP contribution < -0.4 is 15.4 Å². The van der Waals surface area contributed by atoms with Crippen LogP contribution in [0, 0.1) is 0 Å². The molecule has 0 aliphatic heterocycles. The molecule has 2 aromatic rings. The Morgan fingerprint density at radius 2 is 1.17 bits per heavy atom. The van der Waals surface area contributed by atoms with E-state index < -0.39 is 45.2 Å². The number of carbonyl (C=O) groups is 1. The van der Waals surface area contributed by atoms with Crippen LogP contribution in [0.2, 0.25) is 0 Å². The van der Waals surface area contributed by atoms with Crippen molar-refractivity contribution < 1.29 is 39.6 Å². The van der Waals surface area contributed by atoms with Gasteiger partial charge in [-0.15, -0.1) is 0 Å². The molecule has 29 heavy (non-hydrogen) atoms. The zero-order chi connectivity index (χ0) is 22.0. The van der Waals surface area contributed by atoms with Crippen LogP contribution in [-0.4, -0.2) is 20.7 Å². The third-order valence-corrected chi connectivity index (χ3v) is 3.90. The Kier molecular flexibility index (Phi) is 6.02. The Labute approximate surface area is 161 Å². The average molecular weight is 441 g/mol. The normalized spacial score (nSPS) is 12.4. The van der Waals surface area contributed by atoms with Crippen LogP contribution in [0.15, 0.2) is 42.5 Å². The second-order valence-electron chi connectivity index (χ2n) is 5.83. The monoisotopic (exact) mass is 441 g/mol. The molecule has 13 heteroatoms. The summed E-state index contributed by atoms with van der Waals surface area (Å²) < 4.78 is 101. The van der Waals surface area contributed by atoms with Crippen molar-refractivity contribution in [2.75, 3.05) is 21.6 Å². The van der Waals surface area contributed by atoms with Crippen molar-refractivity contribution in [3.8, 4) is 0 Å². The van der Waals surface area contributed by atoms with E-state index in [9.17, 15) is 39.6 Å². The third kappa shape index (κ3) is 6.85. The smallest absolute Gasteiger partial charge is 0.308 e. The van der Waals surface area contributed by atoms with Gasteiger partial charge in [0.25, 0.3) is 0 Å². The zero-order valence-corrected chi connectivity index (χ0v) is 15.3. The summed E-state index contributed by atoms with van der Waals surface area (Å²) in [4.78, 5) is 11.9. The number of nitrogens with one attached hydrogen (secondary N) is 3. The molecule has 0 radical (unpaired) electrons. The van der Waals surface area contributed by atoms with Gasteiger partial charge in [-0.3, -0.25) is 4.72 Å². The lowest BCUT2D eigenvalue weighted by Gasteiger charge is -2.15. The van der Waals surface area contributed by atoms with Crippen molar-refractivity contribution in [2.24, 2.45) is 0 Å². The molecule has 2 aromatic carbocycles. The number of alkyl halides is 6. The molecule has 0 aromatic heterocycles. The first-order chi connectivity index (χ1) is 13.1. The van der Waals surface area contributed by atoms with E-state index in [4.69, 9.17) is 0 Å². The van der Waals surface area contributed by atoms with Gasteiger partial charge in [0.15, 0.2) is 0 Å². The van der Waals surface area contributed by atoms with E-state index in [1.54, 1.807) is 0 Å². The topological polar surface area (TPSA) is 87.3 Å². The Morgan fingerprint density at radius 1 is 0.759 bits per heavy atom. The molecule has 158 valence electrons. The van der Waals surface area contributed by atoms with Crippen LogP contribution >= 0.6 is 0 Å². The maximum Gasteiger partial charge on any atom is 0.416 e. The largest absolute Gasteiger partial charge is 0.416 e.